The van der Waals surface area contributed by atoms with Crippen LogP contribution < -0.4 is 4.72 Å². The number of benzene rings is 1. The van der Waals surface area contributed by atoms with Gasteiger partial charge in [-0.15, -0.1) is 0 Å². The monoisotopic (exact) mass is 328 g/mol. The van der Waals surface area contributed by atoms with Gasteiger partial charge in [0.25, 0.3) is 5.69 Å². The molecule has 0 unspecified atom stereocenters. The third kappa shape index (κ3) is 4.47. The standard InChI is InChI=1S/C13H20N4O4S/c1-15-7-9-16(10-8-15)6-5-14-22(20,21)13-4-2-3-12(11-13)17(18)19/h2-4,11,14H,5-10H2,1H3. The van der Waals surface area contributed by atoms with E-state index in [0.717, 1.165) is 32.2 Å². The number of sulfonamides is 1. The molecule has 1 N–H and O–H groups in total. The molecule has 0 spiro atoms. The van der Waals surface area contributed by atoms with Gasteiger partial charge in [-0.1, -0.05) is 6.07 Å². The van der Waals surface area contributed by atoms with Crippen molar-refractivity contribution in [1.29, 1.82) is 0 Å². The van der Waals surface area contributed by atoms with Crippen LogP contribution in [0.5, 0.6) is 0 Å². The first-order chi connectivity index (χ1) is 10.4. The Bertz CT molecular complexity index is 627. The Hall–Kier alpha value is -1.55. The maximum Gasteiger partial charge on any atom is 0.270 e. The number of nitro benzene ring substituents is 1. The van der Waals surface area contributed by atoms with Gasteiger partial charge < -0.3 is 4.90 Å². The van der Waals surface area contributed by atoms with Crippen molar-refractivity contribution in [3.8, 4) is 0 Å². The molecule has 0 radical (unpaired) electrons. The predicted octanol–water partition coefficient (Wildman–Crippen LogP) is 0.121. The summed E-state index contributed by atoms with van der Waals surface area (Å²) in [6.45, 7) is 4.68. The quantitative estimate of drug-likeness (QED) is 0.589. The minimum atomic E-state index is -3.72. The predicted molar refractivity (Wildman–Crippen MR) is 82.2 cm³/mol. The molecule has 0 atom stereocenters. The first-order valence-corrected chi connectivity index (χ1v) is 8.52. The van der Waals surface area contributed by atoms with Crippen LogP contribution >= 0.6 is 0 Å². The fraction of sp³-hybridized carbons (Fsp3) is 0.538. The molecule has 1 saturated heterocycles. The van der Waals surface area contributed by atoms with Crippen molar-refractivity contribution in [3.05, 3.63) is 34.4 Å². The number of hydrogen-bond acceptors (Lipinski definition) is 6. The molecule has 0 amide bonds. The van der Waals surface area contributed by atoms with Gasteiger partial charge in [0, 0.05) is 51.4 Å². The van der Waals surface area contributed by atoms with E-state index in [0.29, 0.717) is 6.54 Å². The first kappa shape index (κ1) is 16.8. The highest BCUT2D eigenvalue weighted by atomic mass is 32.2. The molecule has 2 rings (SSSR count). The smallest absolute Gasteiger partial charge is 0.270 e. The van der Waals surface area contributed by atoms with Crippen LogP contribution in [-0.2, 0) is 10.0 Å². The van der Waals surface area contributed by atoms with Gasteiger partial charge in [0.1, 0.15) is 0 Å². The lowest BCUT2D eigenvalue weighted by Crippen LogP contribution is -2.46. The van der Waals surface area contributed by atoms with E-state index in [1.54, 1.807) is 0 Å². The zero-order valence-corrected chi connectivity index (χ0v) is 13.3. The molecule has 1 aliphatic rings. The normalized spacial score (nSPS) is 17.5. The summed E-state index contributed by atoms with van der Waals surface area (Å²) in [6.07, 6.45) is 0. The fourth-order valence-electron chi connectivity index (χ4n) is 2.26. The maximum absolute atomic E-state index is 12.1. The van der Waals surface area contributed by atoms with E-state index in [2.05, 4.69) is 21.6 Å². The second kappa shape index (κ2) is 7.14. The van der Waals surface area contributed by atoms with Crippen molar-refractivity contribution in [3.63, 3.8) is 0 Å². The maximum atomic E-state index is 12.1. The zero-order valence-electron chi connectivity index (χ0n) is 12.4. The molecule has 0 bridgehead atoms. The van der Waals surface area contributed by atoms with E-state index in [9.17, 15) is 18.5 Å². The lowest BCUT2D eigenvalue weighted by molar-refractivity contribution is -0.385. The Labute approximate surface area is 129 Å². The number of non-ortho nitro benzene ring substituents is 1. The van der Waals surface area contributed by atoms with Crippen LogP contribution in [0.3, 0.4) is 0 Å². The highest BCUT2D eigenvalue weighted by Gasteiger charge is 2.18. The average Bonchev–Trinajstić information content (AvgIpc) is 2.49. The van der Waals surface area contributed by atoms with Crippen LogP contribution in [-0.4, -0.2) is 69.5 Å². The summed E-state index contributed by atoms with van der Waals surface area (Å²) in [5.74, 6) is 0. The van der Waals surface area contributed by atoms with E-state index in [-0.39, 0.29) is 17.1 Å². The Morgan fingerprint density at radius 1 is 1.27 bits per heavy atom. The Kier molecular flexibility index (Phi) is 5.46. The molecule has 9 heteroatoms. The van der Waals surface area contributed by atoms with Gasteiger partial charge in [-0.3, -0.25) is 15.0 Å². The third-order valence-electron chi connectivity index (χ3n) is 3.65. The Morgan fingerprint density at radius 3 is 2.59 bits per heavy atom. The van der Waals surface area contributed by atoms with Crippen molar-refractivity contribution in [2.45, 2.75) is 4.90 Å². The molecule has 1 aliphatic heterocycles. The van der Waals surface area contributed by atoms with Gasteiger partial charge in [-0.2, -0.15) is 0 Å². The average molecular weight is 328 g/mol. The molecular weight excluding hydrogens is 308 g/mol. The Balaban J connectivity index is 1.91. The highest BCUT2D eigenvalue weighted by molar-refractivity contribution is 7.89. The molecule has 8 nitrogen and oxygen atoms in total. The van der Waals surface area contributed by atoms with Gasteiger partial charge in [0.15, 0.2) is 0 Å². The van der Waals surface area contributed by atoms with E-state index in [4.69, 9.17) is 0 Å². The second-order valence-corrected chi connectivity index (χ2v) is 7.06. The van der Waals surface area contributed by atoms with Gasteiger partial charge in [-0.05, 0) is 13.1 Å². The van der Waals surface area contributed by atoms with Crippen LogP contribution in [0.1, 0.15) is 0 Å². The summed E-state index contributed by atoms with van der Waals surface area (Å²) in [5, 5.41) is 10.7. The molecule has 0 saturated carbocycles. The summed E-state index contributed by atoms with van der Waals surface area (Å²) in [4.78, 5) is 14.4. The lowest BCUT2D eigenvalue weighted by atomic mass is 10.3. The van der Waals surface area contributed by atoms with Crippen molar-refractivity contribution in [2.24, 2.45) is 0 Å². The van der Waals surface area contributed by atoms with E-state index < -0.39 is 14.9 Å². The summed E-state index contributed by atoms with van der Waals surface area (Å²) < 4.78 is 26.8. The largest absolute Gasteiger partial charge is 0.304 e. The van der Waals surface area contributed by atoms with Crippen molar-refractivity contribution >= 4 is 15.7 Å². The minimum absolute atomic E-state index is 0.0833. The molecule has 1 fully saturated rings. The van der Waals surface area contributed by atoms with Crippen molar-refractivity contribution in [1.82, 2.24) is 14.5 Å². The number of likely N-dealkylation sites (N-methyl/N-ethyl adjacent to an activating group) is 1. The van der Waals surface area contributed by atoms with Crippen LogP contribution in [0.15, 0.2) is 29.2 Å². The van der Waals surface area contributed by atoms with Gasteiger partial charge in [-0.25, -0.2) is 13.1 Å². The number of nitro groups is 1. The summed E-state index contributed by atoms with van der Waals surface area (Å²) in [5.41, 5.74) is -0.234. The first-order valence-electron chi connectivity index (χ1n) is 7.03. The number of rotatable bonds is 6. The SMILES string of the molecule is CN1CCN(CCNS(=O)(=O)c2cccc([N+](=O)[O-])c2)CC1. The molecule has 122 valence electrons. The van der Waals surface area contributed by atoms with Crippen LogP contribution in [0, 0.1) is 10.1 Å². The highest BCUT2D eigenvalue weighted by Crippen LogP contribution is 2.16. The number of piperazine rings is 1. The molecule has 0 aromatic heterocycles. The van der Waals surface area contributed by atoms with Crippen molar-refractivity contribution in [2.75, 3.05) is 46.3 Å². The molecule has 1 heterocycles. The summed E-state index contributed by atoms with van der Waals surface area (Å²) in [7, 11) is -1.66. The van der Waals surface area contributed by atoms with E-state index >= 15 is 0 Å². The third-order valence-corrected chi connectivity index (χ3v) is 5.11. The van der Waals surface area contributed by atoms with E-state index in [1.807, 2.05) is 0 Å². The number of hydrogen-bond donors (Lipinski definition) is 1. The van der Waals surface area contributed by atoms with Gasteiger partial charge in [0.2, 0.25) is 10.0 Å². The topological polar surface area (TPSA) is 95.8 Å². The molecule has 22 heavy (non-hydrogen) atoms. The van der Waals surface area contributed by atoms with Gasteiger partial charge >= 0.3 is 0 Å². The summed E-state index contributed by atoms with van der Waals surface area (Å²) >= 11 is 0. The fourth-order valence-corrected chi connectivity index (χ4v) is 3.32. The number of nitrogens with one attached hydrogen (secondary N) is 1. The zero-order chi connectivity index (χ0) is 16.2. The minimum Gasteiger partial charge on any atom is -0.304 e. The number of nitrogens with zero attached hydrogens (tertiary/aromatic N) is 3. The Morgan fingerprint density at radius 2 is 1.95 bits per heavy atom. The van der Waals surface area contributed by atoms with Gasteiger partial charge in [0.05, 0.1) is 9.82 Å². The molecule has 1 aromatic carbocycles. The van der Waals surface area contributed by atoms with E-state index in [1.165, 1.54) is 18.2 Å². The molecular formula is C13H20N4O4S. The second-order valence-electron chi connectivity index (χ2n) is 5.30. The lowest BCUT2D eigenvalue weighted by Gasteiger charge is -2.32. The molecule has 1 aromatic rings. The molecule has 0 aliphatic carbocycles. The van der Waals surface area contributed by atoms with Crippen LogP contribution in [0.25, 0.3) is 0 Å². The summed E-state index contributed by atoms with van der Waals surface area (Å²) in [6, 6.07) is 5.06. The van der Waals surface area contributed by atoms with Crippen molar-refractivity contribution < 1.29 is 13.3 Å². The van der Waals surface area contributed by atoms with Crippen LogP contribution in [0.4, 0.5) is 5.69 Å². The van der Waals surface area contributed by atoms with Crippen LogP contribution in [0.2, 0.25) is 0 Å².